The molecule has 0 amide bonds. The van der Waals surface area contributed by atoms with Crippen molar-refractivity contribution in [3.8, 4) is 5.82 Å². The van der Waals surface area contributed by atoms with Crippen LogP contribution in [0.4, 0.5) is 5.69 Å². The van der Waals surface area contributed by atoms with E-state index in [9.17, 15) is 0 Å². The zero-order valence-corrected chi connectivity index (χ0v) is 10.1. The van der Waals surface area contributed by atoms with Gasteiger partial charge in [-0.05, 0) is 18.6 Å². The van der Waals surface area contributed by atoms with Gasteiger partial charge in [-0.25, -0.2) is 9.97 Å². The summed E-state index contributed by atoms with van der Waals surface area (Å²) in [6.45, 7) is 3.22. The maximum absolute atomic E-state index is 4.38. The van der Waals surface area contributed by atoms with Crippen LogP contribution in [0.2, 0.25) is 0 Å². The first-order chi connectivity index (χ1) is 8.40. The molecule has 0 atom stereocenters. The molecule has 0 radical (unpaired) electrons. The summed E-state index contributed by atoms with van der Waals surface area (Å²) in [6, 6.07) is 4.04. The van der Waals surface area contributed by atoms with Gasteiger partial charge in [0.2, 0.25) is 0 Å². The molecule has 4 nitrogen and oxygen atoms in total. The third-order valence-corrected chi connectivity index (χ3v) is 2.63. The SMILES string of the molecule is CCCCCNc1ccc(-n2ccnc2)nc1. The molecule has 90 valence electrons. The van der Waals surface area contributed by atoms with Crippen LogP contribution >= 0.6 is 0 Å². The Morgan fingerprint density at radius 3 is 2.88 bits per heavy atom. The molecule has 2 heterocycles. The van der Waals surface area contributed by atoms with Crippen molar-refractivity contribution in [2.45, 2.75) is 26.2 Å². The standard InChI is InChI=1S/C13H18N4/c1-2-3-4-7-15-12-5-6-13(16-10-12)17-9-8-14-11-17/h5-6,8-11,15H,2-4,7H2,1H3. The van der Waals surface area contributed by atoms with Crippen molar-refractivity contribution in [1.29, 1.82) is 0 Å². The van der Waals surface area contributed by atoms with Gasteiger partial charge in [0, 0.05) is 18.9 Å². The van der Waals surface area contributed by atoms with E-state index in [1.54, 1.807) is 12.5 Å². The second kappa shape index (κ2) is 6.03. The van der Waals surface area contributed by atoms with E-state index in [-0.39, 0.29) is 0 Å². The van der Waals surface area contributed by atoms with Crippen molar-refractivity contribution in [2.75, 3.05) is 11.9 Å². The summed E-state index contributed by atoms with van der Waals surface area (Å²) in [5.41, 5.74) is 1.07. The molecule has 0 aliphatic heterocycles. The number of imidazole rings is 1. The number of hydrogen-bond donors (Lipinski definition) is 1. The van der Waals surface area contributed by atoms with Crippen LogP contribution in [0.25, 0.3) is 5.82 Å². The number of nitrogens with one attached hydrogen (secondary N) is 1. The number of aromatic nitrogens is 3. The third-order valence-electron chi connectivity index (χ3n) is 2.63. The highest BCUT2D eigenvalue weighted by Crippen LogP contribution is 2.09. The maximum Gasteiger partial charge on any atom is 0.137 e. The molecular weight excluding hydrogens is 212 g/mol. The summed E-state index contributed by atoms with van der Waals surface area (Å²) >= 11 is 0. The minimum Gasteiger partial charge on any atom is -0.384 e. The van der Waals surface area contributed by atoms with E-state index in [4.69, 9.17) is 0 Å². The molecule has 2 rings (SSSR count). The molecule has 0 saturated heterocycles. The Hall–Kier alpha value is -1.84. The number of pyridine rings is 1. The molecule has 1 N–H and O–H groups in total. The molecule has 0 aliphatic carbocycles. The molecule has 0 bridgehead atoms. The topological polar surface area (TPSA) is 42.7 Å². The summed E-state index contributed by atoms with van der Waals surface area (Å²) in [7, 11) is 0. The lowest BCUT2D eigenvalue weighted by atomic mass is 10.2. The third kappa shape index (κ3) is 3.31. The smallest absolute Gasteiger partial charge is 0.137 e. The Balaban J connectivity index is 1.90. The lowest BCUT2D eigenvalue weighted by Crippen LogP contribution is -2.02. The number of unbranched alkanes of at least 4 members (excludes halogenated alkanes) is 2. The number of anilines is 1. The van der Waals surface area contributed by atoms with Crippen molar-refractivity contribution >= 4 is 5.69 Å². The zero-order valence-electron chi connectivity index (χ0n) is 10.1. The summed E-state index contributed by atoms with van der Waals surface area (Å²) in [4.78, 5) is 8.38. The van der Waals surface area contributed by atoms with E-state index in [0.29, 0.717) is 0 Å². The lowest BCUT2D eigenvalue weighted by molar-refractivity contribution is 0.743. The van der Waals surface area contributed by atoms with Crippen LogP contribution in [0, 0.1) is 0 Å². The van der Waals surface area contributed by atoms with Gasteiger partial charge < -0.3 is 5.32 Å². The molecule has 0 spiro atoms. The molecule has 4 heteroatoms. The van der Waals surface area contributed by atoms with Crippen LogP contribution in [0.3, 0.4) is 0 Å². The van der Waals surface area contributed by atoms with E-state index in [2.05, 4.69) is 22.2 Å². The van der Waals surface area contributed by atoms with Gasteiger partial charge in [-0.3, -0.25) is 4.57 Å². The minimum atomic E-state index is 0.890. The van der Waals surface area contributed by atoms with Gasteiger partial charge in [0.1, 0.15) is 12.1 Å². The Bertz CT molecular complexity index is 419. The van der Waals surface area contributed by atoms with Gasteiger partial charge in [0.25, 0.3) is 0 Å². The first kappa shape index (κ1) is 11.6. The van der Waals surface area contributed by atoms with Crippen molar-refractivity contribution in [2.24, 2.45) is 0 Å². The van der Waals surface area contributed by atoms with E-state index >= 15 is 0 Å². The van der Waals surface area contributed by atoms with Crippen molar-refractivity contribution < 1.29 is 0 Å². The van der Waals surface area contributed by atoms with Crippen molar-refractivity contribution in [3.63, 3.8) is 0 Å². The van der Waals surface area contributed by atoms with Crippen LogP contribution in [-0.4, -0.2) is 21.1 Å². The fourth-order valence-electron chi connectivity index (χ4n) is 1.65. The van der Waals surface area contributed by atoms with Crippen LogP contribution in [0.1, 0.15) is 26.2 Å². The number of rotatable bonds is 6. The molecular formula is C13H18N4. The predicted octanol–water partition coefficient (Wildman–Crippen LogP) is 2.87. The quantitative estimate of drug-likeness (QED) is 0.776. The Morgan fingerprint density at radius 2 is 2.24 bits per heavy atom. The Labute approximate surface area is 102 Å². The van der Waals surface area contributed by atoms with E-state index in [1.807, 2.05) is 29.1 Å². The van der Waals surface area contributed by atoms with Crippen molar-refractivity contribution in [1.82, 2.24) is 14.5 Å². The van der Waals surface area contributed by atoms with E-state index < -0.39 is 0 Å². The predicted molar refractivity (Wildman–Crippen MR) is 69.4 cm³/mol. The largest absolute Gasteiger partial charge is 0.384 e. The molecule has 0 fully saturated rings. The number of nitrogens with zero attached hydrogens (tertiary/aromatic N) is 3. The molecule has 0 aromatic carbocycles. The highest BCUT2D eigenvalue weighted by Gasteiger charge is 1.97. The molecule has 0 saturated carbocycles. The van der Waals surface area contributed by atoms with Crippen LogP contribution in [0.5, 0.6) is 0 Å². The van der Waals surface area contributed by atoms with Crippen molar-refractivity contribution in [3.05, 3.63) is 37.1 Å². The Morgan fingerprint density at radius 1 is 1.29 bits per heavy atom. The maximum atomic E-state index is 4.38. The monoisotopic (exact) mass is 230 g/mol. The number of hydrogen-bond acceptors (Lipinski definition) is 3. The molecule has 17 heavy (non-hydrogen) atoms. The van der Waals surface area contributed by atoms with Gasteiger partial charge in [-0.15, -0.1) is 0 Å². The summed E-state index contributed by atoms with van der Waals surface area (Å²) in [5, 5.41) is 3.36. The molecule has 2 aromatic heterocycles. The normalized spacial score (nSPS) is 10.4. The summed E-state index contributed by atoms with van der Waals surface area (Å²) in [5.74, 6) is 0.890. The zero-order chi connectivity index (χ0) is 11.9. The van der Waals surface area contributed by atoms with Gasteiger partial charge >= 0.3 is 0 Å². The second-order valence-electron chi connectivity index (χ2n) is 4.01. The first-order valence-electron chi connectivity index (χ1n) is 6.08. The highest BCUT2D eigenvalue weighted by atomic mass is 15.1. The highest BCUT2D eigenvalue weighted by molar-refractivity contribution is 5.43. The fraction of sp³-hybridized carbons (Fsp3) is 0.385. The van der Waals surface area contributed by atoms with Gasteiger partial charge in [-0.2, -0.15) is 0 Å². The van der Waals surface area contributed by atoms with E-state index in [0.717, 1.165) is 18.1 Å². The summed E-state index contributed by atoms with van der Waals surface area (Å²) < 4.78 is 1.89. The Kier molecular flexibility index (Phi) is 4.13. The van der Waals surface area contributed by atoms with E-state index in [1.165, 1.54) is 19.3 Å². The van der Waals surface area contributed by atoms with Gasteiger partial charge in [-0.1, -0.05) is 19.8 Å². The molecule has 0 unspecified atom stereocenters. The summed E-state index contributed by atoms with van der Waals surface area (Å²) in [6.07, 6.45) is 11.0. The molecule has 2 aromatic rings. The average molecular weight is 230 g/mol. The van der Waals surface area contributed by atoms with Crippen LogP contribution in [-0.2, 0) is 0 Å². The van der Waals surface area contributed by atoms with Crippen LogP contribution < -0.4 is 5.32 Å². The fourth-order valence-corrected chi connectivity index (χ4v) is 1.65. The lowest BCUT2D eigenvalue weighted by Gasteiger charge is -2.06. The first-order valence-corrected chi connectivity index (χ1v) is 6.08. The minimum absolute atomic E-state index is 0.890. The van der Waals surface area contributed by atoms with Gasteiger partial charge in [0.05, 0.1) is 11.9 Å². The van der Waals surface area contributed by atoms with Crippen LogP contribution in [0.15, 0.2) is 37.1 Å². The van der Waals surface area contributed by atoms with Gasteiger partial charge in [0.15, 0.2) is 0 Å². The second-order valence-corrected chi connectivity index (χ2v) is 4.01. The average Bonchev–Trinajstić information content (AvgIpc) is 2.89. The molecule has 0 aliphatic rings.